The zero-order valence-corrected chi connectivity index (χ0v) is 6.49. The van der Waals surface area contributed by atoms with Crippen LogP contribution in [0.1, 0.15) is 25.0 Å². The van der Waals surface area contributed by atoms with Crippen molar-refractivity contribution in [3.63, 3.8) is 0 Å². The van der Waals surface area contributed by atoms with Crippen molar-refractivity contribution in [3.05, 3.63) is 29.8 Å². The largest absolute Gasteiger partial charge is 0.508 e. The van der Waals surface area contributed by atoms with Gasteiger partial charge in [0, 0.05) is 5.56 Å². The Morgan fingerprint density at radius 1 is 1.36 bits per heavy atom. The summed E-state index contributed by atoms with van der Waals surface area (Å²) in [6.45, 7) is 1.87. The molecule has 0 aliphatic heterocycles. The third kappa shape index (κ3) is 1.71. The number of aliphatic hydroxyl groups is 1. The van der Waals surface area contributed by atoms with Crippen LogP contribution in [0.3, 0.4) is 0 Å². The minimum absolute atomic E-state index is 0.168. The first kappa shape index (κ1) is 8.08. The molecule has 0 heterocycles. The Balaban J connectivity index is 2.93. The van der Waals surface area contributed by atoms with Crippen LogP contribution in [-0.4, -0.2) is 10.2 Å². The molecule has 1 atom stereocenters. The summed E-state index contributed by atoms with van der Waals surface area (Å²) in [5, 5.41) is 18.6. The SMILES string of the molecule is CC[C@@H](O)c1ccccc1O. The molecular formula is C9H12O2. The van der Waals surface area contributed by atoms with Crippen molar-refractivity contribution in [1.29, 1.82) is 0 Å². The van der Waals surface area contributed by atoms with Crippen LogP contribution >= 0.6 is 0 Å². The van der Waals surface area contributed by atoms with Gasteiger partial charge < -0.3 is 10.2 Å². The Morgan fingerprint density at radius 2 is 2.00 bits per heavy atom. The fourth-order valence-electron chi connectivity index (χ4n) is 0.989. The first-order valence-electron chi connectivity index (χ1n) is 3.71. The summed E-state index contributed by atoms with van der Waals surface area (Å²) >= 11 is 0. The first-order valence-corrected chi connectivity index (χ1v) is 3.71. The minimum atomic E-state index is -0.545. The summed E-state index contributed by atoms with van der Waals surface area (Å²) in [4.78, 5) is 0. The lowest BCUT2D eigenvalue weighted by Crippen LogP contribution is -1.94. The van der Waals surface area contributed by atoms with E-state index in [0.717, 1.165) is 0 Å². The summed E-state index contributed by atoms with van der Waals surface area (Å²) in [7, 11) is 0. The molecule has 2 N–H and O–H groups in total. The Bertz CT molecular complexity index is 233. The number of benzene rings is 1. The predicted octanol–water partition coefficient (Wildman–Crippen LogP) is 1.84. The molecule has 0 amide bonds. The smallest absolute Gasteiger partial charge is 0.121 e. The average molecular weight is 152 g/mol. The summed E-state index contributed by atoms with van der Waals surface area (Å²) < 4.78 is 0. The quantitative estimate of drug-likeness (QED) is 0.678. The number of phenols is 1. The molecule has 2 heteroatoms. The minimum Gasteiger partial charge on any atom is -0.508 e. The highest BCUT2D eigenvalue weighted by atomic mass is 16.3. The van der Waals surface area contributed by atoms with Gasteiger partial charge in [-0.15, -0.1) is 0 Å². The number of aliphatic hydroxyl groups excluding tert-OH is 1. The molecule has 0 aromatic heterocycles. The van der Waals surface area contributed by atoms with E-state index in [1.165, 1.54) is 0 Å². The maximum Gasteiger partial charge on any atom is 0.121 e. The van der Waals surface area contributed by atoms with Crippen molar-refractivity contribution in [2.45, 2.75) is 19.4 Å². The highest BCUT2D eigenvalue weighted by Crippen LogP contribution is 2.24. The summed E-state index contributed by atoms with van der Waals surface area (Å²) in [6, 6.07) is 6.84. The second-order valence-electron chi connectivity index (χ2n) is 2.48. The summed E-state index contributed by atoms with van der Waals surface area (Å²) in [5.41, 5.74) is 0.606. The standard InChI is InChI=1S/C9H12O2/c1-2-8(10)7-5-3-4-6-9(7)11/h3-6,8,10-11H,2H2,1H3/t8-/m1/s1. The van der Waals surface area contributed by atoms with Gasteiger partial charge in [-0.2, -0.15) is 0 Å². The molecule has 1 aromatic carbocycles. The van der Waals surface area contributed by atoms with E-state index in [0.29, 0.717) is 12.0 Å². The van der Waals surface area contributed by atoms with Crippen LogP contribution in [0.2, 0.25) is 0 Å². The highest BCUT2D eigenvalue weighted by molar-refractivity contribution is 5.33. The maximum atomic E-state index is 9.35. The number of rotatable bonds is 2. The van der Waals surface area contributed by atoms with Crippen LogP contribution in [0.15, 0.2) is 24.3 Å². The maximum absolute atomic E-state index is 9.35. The second-order valence-corrected chi connectivity index (χ2v) is 2.48. The van der Waals surface area contributed by atoms with Crippen molar-refractivity contribution >= 4 is 0 Å². The van der Waals surface area contributed by atoms with Gasteiger partial charge in [0.25, 0.3) is 0 Å². The molecule has 0 radical (unpaired) electrons. The van der Waals surface area contributed by atoms with Gasteiger partial charge in [0.2, 0.25) is 0 Å². The Labute approximate surface area is 66.1 Å². The van der Waals surface area contributed by atoms with Gasteiger partial charge in [-0.25, -0.2) is 0 Å². The summed E-state index contributed by atoms with van der Waals surface area (Å²) in [6.07, 6.45) is 0.0774. The first-order chi connectivity index (χ1) is 5.25. The van der Waals surface area contributed by atoms with Crippen LogP contribution in [0.4, 0.5) is 0 Å². The van der Waals surface area contributed by atoms with Crippen molar-refractivity contribution in [1.82, 2.24) is 0 Å². The Kier molecular flexibility index (Phi) is 2.49. The van der Waals surface area contributed by atoms with E-state index in [-0.39, 0.29) is 5.75 Å². The van der Waals surface area contributed by atoms with Gasteiger partial charge in [0.05, 0.1) is 6.10 Å². The summed E-state index contributed by atoms with van der Waals surface area (Å²) in [5.74, 6) is 0.168. The van der Waals surface area contributed by atoms with Gasteiger partial charge in [0.1, 0.15) is 5.75 Å². The van der Waals surface area contributed by atoms with E-state index in [9.17, 15) is 10.2 Å². The van der Waals surface area contributed by atoms with Crippen LogP contribution in [0.5, 0.6) is 5.75 Å². The molecule has 0 saturated heterocycles. The average Bonchev–Trinajstić information content (AvgIpc) is 2.04. The van der Waals surface area contributed by atoms with Gasteiger partial charge in [-0.3, -0.25) is 0 Å². The molecule has 1 rings (SSSR count). The van der Waals surface area contributed by atoms with Gasteiger partial charge >= 0.3 is 0 Å². The third-order valence-corrected chi connectivity index (χ3v) is 1.68. The number of para-hydroxylation sites is 1. The van der Waals surface area contributed by atoms with E-state index >= 15 is 0 Å². The van der Waals surface area contributed by atoms with Crippen LogP contribution < -0.4 is 0 Å². The molecule has 2 nitrogen and oxygen atoms in total. The molecule has 0 fully saturated rings. The normalized spacial score (nSPS) is 12.9. The lowest BCUT2D eigenvalue weighted by Gasteiger charge is -2.08. The number of hydrogen-bond donors (Lipinski definition) is 2. The molecule has 0 saturated carbocycles. The van der Waals surface area contributed by atoms with Crippen molar-refractivity contribution < 1.29 is 10.2 Å². The number of phenolic OH excluding ortho intramolecular Hbond substituents is 1. The van der Waals surface area contributed by atoms with E-state index in [1.54, 1.807) is 24.3 Å². The second kappa shape index (κ2) is 3.39. The highest BCUT2D eigenvalue weighted by Gasteiger charge is 2.07. The lowest BCUT2D eigenvalue weighted by atomic mass is 10.1. The van der Waals surface area contributed by atoms with Gasteiger partial charge in [0.15, 0.2) is 0 Å². The van der Waals surface area contributed by atoms with Crippen molar-refractivity contribution in [2.24, 2.45) is 0 Å². The molecule has 0 aliphatic carbocycles. The van der Waals surface area contributed by atoms with Gasteiger partial charge in [-0.1, -0.05) is 25.1 Å². The van der Waals surface area contributed by atoms with E-state index in [1.807, 2.05) is 6.92 Å². The van der Waals surface area contributed by atoms with Gasteiger partial charge in [-0.05, 0) is 12.5 Å². The fraction of sp³-hybridized carbons (Fsp3) is 0.333. The lowest BCUT2D eigenvalue weighted by molar-refractivity contribution is 0.170. The predicted molar refractivity (Wildman–Crippen MR) is 43.4 cm³/mol. The molecule has 0 aliphatic rings. The molecule has 1 aromatic rings. The van der Waals surface area contributed by atoms with Crippen molar-refractivity contribution in [3.8, 4) is 5.75 Å². The third-order valence-electron chi connectivity index (χ3n) is 1.68. The fourth-order valence-corrected chi connectivity index (χ4v) is 0.989. The molecule has 11 heavy (non-hydrogen) atoms. The number of hydrogen-bond acceptors (Lipinski definition) is 2. The zero-order valence-electron chi connectivity index (χ0n) is 6.49. The van der Waals surface area contributed by atoms with Crippen LogP contribution in [0.25, 0.3) is 0 Å². The molecule has 60 valence electrons. The Morgan fingerprint density at radius 3 is 2.55 bits per heavy atom. The van der Waals surface area contributed by atoms with Crippen molar-refractivity contribution in [2.75, 3.05) is 0 Å². The molecule has 0 unspecified atom stereocenters. The molecule has 0 spiro atoms. The molecular weight excluding hydrogens is 140 g/mol. The Hall–Kier alpha value is -1.02. The zero-order chi connectivity index (χ0) is 8.27. The monoisotopic (exact) mass is 152 g/mol. The van der Waals surface area contributed by atoms with E-state index in [2.05, 4.69) is 0 Å². The van der Waals surface area contributed by atoms with Crippen LogP contribution in [0, 0.1) is 0 Å². The topological polar surface area (TPSA) is 40.5 Å². The van der Waals surface area contributed by atoms with Crippen LogP contribution in [-0.2, 0) is 0 Å². The molecule has 0 bridgehead atoms. The van der Waals surface area contributed by atoms with E-state index < -0.39 is 6.10 Å². The van der Waals surface area contributed by atoms with E-state index in [4.69, 9.17) is 0 Å². The number of aromatic hydroxyl groups is 1.